The Bertz CT molecular complexity index is 488. The van der Waals surface area contributed by atoms with Crippen molar-refractivity contribution in [1.82, 2.24) is 14.5 Å². The molecule has 16 heavy (non-hydrogen) atoms. The summed E-state index contributed by atoms with van der Waals surface area (Å²) in [5.74, 6) is 0.871. The van der Waals surface area contributed by atoms with E-state index in [0.717, 1.165) is 29.6 Å². The van der Waals surface area contributed by atoms with Crippen molar-refractivity contribution in [2.24, 2.45) is 0 Å². The molecule has 0 atom stereocenters. The molecule has 0 aromatic carbocycles. The van der Waals surface area contributed by atoms with E-state index in [4.69, 9.17) is 0 Å². The summed E-state index contributed by atoms with van der Waals surface area (Å²) in [6.07, 6.45) is 3.82. The minimum atomic E-state index is 0.857. The predicted octanol–water partition coefficient (Wildman–Crippen LogP) is 2.32. The molecule has 0 spiro atoms. The van der Waals surface area contributed by atoms with Crippen molar-refractivity contribution in [3.05, 3.63) is 35.9 Å². The zero-order valence-corrected chi connectivity index (χ0v) is 9.86. The third-order valence-electron chi connectivity index (χ3n) is 2.40. The molecular weight excluding hydrogens is 200 g/mol. The zero-order valence-electron chi connectivity index (χ0n) is 9.86. The van der Waals surface area contributed by atoms with E-state index in [9.17, 15) is 0 Å². The van der Waals surface area contributed by atoms with Crippen LogP contribution in [0.1, 0.15) is 18.3 Å². The molecule has 0 aliphatic heterocycles. The number of nitrogens with one attached hydrogen (secondary N) is 1. The van der Waals surface area contributed by atoms with Crippen LogP contribution in [0.3, 0.4) is 0 Å². The Morgan fingerprint density at radius 1 is 1.38 bits per heavy atom. The standard InChI is InChI=1S/C12H16N4/c1-4-13-12-15-9(2)8-16(12)11-6-5-7-14-10(11)3/h5-8H,4H2,1-3H3,(H,13,15). The van der Waals surface area contributed by atoms with E-state index in [1.807, 2.05) is 36.7 Å². The van der Waals surface area contributed by atoms with Gasteiger partial charge in [-0.05, 0) is 32.9 Å². The molecule has 0 amide bonds. The number of pyridine rings is 1. The second kappa shape index (κ2) is 4.35. The quantitative estimate of drug-likeness (QED) is 0.856. The first kappa shape index (κ1) is 10.7. The highest BCUT2D eigenvalue weighted by Gasteiger charge is 2.08. The van der Waals surface area contributed by atoms with Gasteiger partial charge in [0, 0.05) is 18.9 Å². The maximum atomic E-state index is 4.44. The fraction of sp³-hybridized carbons (Fsp3) is 0.333. The van der Waals surface area contributed by atoms with E-state index in [-0.39, 0.29) is 0 Å². The number of hydrogen-bond acceptors (Lipinski definition) is 3. The Balaban J connectivity index is 2.51. The van der Waals surface area contributed by atoms with Gasteiger partial charge in [-0.15, -0.1) is 0 Å². The lowest BCUT2D eigenvalue weighted by Crippen LogP contribution is -2.06. The van der Waals surface area contributed by atoms with Crippen LogP contribution in [0.5, 0.6) is 0 Å². The van der Waals surface area contributed by atoms with E-state index in [0.29, 0.717) is 0 Å². The van der Waals surface area contributed by atoms with E-state index < -0.39 is 0 Å². The van der Waals surface area contributed by atoms with Crippen LogP contribution in [0.25, 0.3) is 5.69 Å². The maximum absolute atomic E-state index is 4.44. The molecule has 0 aliphatic carbocycles. The van der Waals surface area contributed by atoms with E-state index in [1.165, 1.54) is 0 Å². The van der Waals surface area contributed by atoms with Gasteiger partial charge in [-0.3, -0.25) is 9.55 Å². The van der Waals surface area contributed by atoms with Crippen LogP contribution >= 0.6 is 0 Å². The molecule has 0 fully saturated rings. The molecule has 84 valence electrons. The minimum Gasteiger partial charge on any atom is -0.356 e. The smallest absolute Gasteiger partial charge is 0.207 e. The molecule has 0 saturated heterocycles. The summed E-state index contributed by atoms with van der Waals surface area (Å²) in [4.78, 5) is 8.73. The van der Waals surface area contributed by atoms with Gasteiger partial charge in [0.25, 0.3) is 0 Å². The van der Waals surface area contributed by atoms with Crippen molar-refractivity contribution in [3.8, 4) is 5.69 Å². The van der Waals surface area contributed by atoms with Crippen molar-refractivity contribution >= 4 is 5.95 Å². The van der Waals surface area contributed by atoms with Crippen LogP contribution in [0.4, 0.5) is 5.95 Å². The first-order chi connectivity index (χ1) is 7.72. The molecule has 1 N–H and O–H groups in total. The van der Waals surface area contributed by atoms with E-state index in [1.54, 1.807) is 6.20 Å². The summed E-state index contributed by atoms with van der Waals surface area (Å²) < 4.78 is 2.04. The fourth-order valence-corrected chi connectivity index (χ4v) is 1.69. The van der Waals surface area contributed by atoms with Gasteiger partial charge in [-0.25, -0.2) is 4.98 Å². The lowest BCUT2D eigenvalue weighted by molar-refractivity contribution is 0.989. The first-order valence-corrected chi connectivity index (χ1v) is 5.44. The molecule has 2 rings (SSSR count). The highest BCUT2D eigenvalue weighted by atomic mass is 15.2. The van der Waals surface area contributed by atoms with Gasteiger partial charge in [0.2, 0.25) is 5.95 Å². The minimum absolute atomic E-state index is 0.857. The Morgan fingerprint density at radius 2 is 2.19 bits per heavy atom. The zero-order chi connectivity index (χ0) is 11.5. The summed E-state index contributed by atoms with van der Waals surface area (Å²) in [6.45, 7) is 6.91. The molecule has 2 aromatic heterocycles. The van der Waals surface area contributed by atoms with Crippen LogP contribution in [0.2, 0.25) is 0 Å². The monoisotopic (exact) mass is 216 g/mol. The van der Waals surface area contributed by atoms with Crippen molar-refractivity contribution in [2.75, 3.05) is 11.9 Å². The maximum Gasteiger partial charge on any atom is 0.207 e. The molecular formula is C12H16N4. The number of imidazole rings is 1. The second-order valence-corrected chi connectivity index (χ2v) is 3.71. The summed E-state index contributed by atoms with van der Waals surface area (Å²) in [6, 6.07) is 3.98. The van der Waals surface area contributed by atoms with Crippen LogP contribution in [0.15, 0.2) is 24.5 Å². The van der Waals surface area contributed by atoms with Crippen molar-refractivity contribution in [3.63, 3.8) is 0 Å². The van der Waals surface area contributed by atoms with Crippen LogP contribution < -0.4 is 5.32 Å². The third-order valence-corrected chi connectivity index (χ3v) is 2.40. The summed E-state index contributed by atoms with van der Waals surface area (Å²) in [7, 11) is 0. The predicted molar refractivity (Wildman–Crippen MR) is 65.0 cm³/mol. The van der Waals surface area contributed by atoms with Crippen LogP contribution in [-0.2, 0) is 0 Å². The van der Waals surface area contributed by atoms with Gasteiger partial charge in [-0.2, -0.15) is 0 Å². The van der Waals surface area contributed by atoms with Crippen molar-refractivity contribution in [1.29, 1.82) is 0 Å². The highest BCUT2D eigenvalue weighted by Crippen LogP contribution is 2.18. The Labute approximate surface area is 95.4 Å². The topological polar surface area (TPSA) is 42.7 Å². The molecule has 0 aliphatic rings. The van der Waals surface area contributed by atoms with Crippen LogP contribution in [-0.4, -0.2) is 21.1 Å². The van der Waals surface area contributed by atoms with E-state index in [2.05, 4.69) is 22.2 Å². The molecule has 0 radical (unpaired) electrons. The van der Waals surface area contributed by atoms with Gasteiger partial charge in [-0.1, -0.05) is 0 Å². The second-order valence-electron chi connectivity index (χ2n) is 3.71. The molecule has 4 nitrogen and oxygen atoms in total. The lowest BCUT2D eigenvalue weighted by atomic mass is 10.3. The highest BCUT2D eigenvalue weighted by molar-refractivity contribution is 5.45. The number of aryl methyl sites for hydroxylation is 2. The largest absolute Gasteiger partial charge is 0.356 e. The van der Waals surface area contributed by atoms with Gasteiger partial charge in [0.05, 0.1) is 17.1 Å². The molecule has 4 heteroatoms. The molecule has 0 unspecified atom stereocenters. The number of rotatable bonds is 3. The average Bonchev–Trinajstić information content (AvgIpc) is 2.61. The SMILES string of the molecule is CCNc1nc(C)cn1-c1cccnc1C. The van der Waals surface area contributed by atoms with Gasteiger partial charge < -0.3 is 5.32 Å². The van der Waals surface area contributed by atoms with Crippen LogP contribution in [0, 0.1) is 13.8 Å². The number of nitrogens with zero attached hydrogens (tertiary/aromatic N) is 3. The van der Waals surface area contributed by atoms with Crippen molar-refractivity contribution in [2.45, 2.75) is 20.8 Å². The molecule has 2 aromatic rings. The summed E-state index contributed by atoms with van der Waals surface area (Å²) in [5.41, 5.74) is 3.07. The first-order valence-electron chi connectivity index (χ1n) is 5.44. The summed E-state index contributed by atoms with van der Waals surface area (Å²) >= 11 is 0. The number of aromatic nitrogens is 3. The summed E-state index contributed by atoms with van der Waals surface area (Å²) in [5, 5.41) is 3.25. The third kappa shape index (κ3) is 1.91. The van der Waals surface area contributed by atoms with Gasteiger partial charge >= 0.3 is 0 Å². The van der Waals surface area contributed by atoms with Gasteiger partial charge in [0.1, 0.15) is 0 Å². The number of hydrogen-bond donors (Lipinski definition) is 1. The normalized spacial score (nSPS) is 10.4. The average molecular weight is 216 g/mol. The van der Waals surface area contributed by atoms with Gasteiger partial charge in [0.15, 0.2) is 0 Å². The molecule has 2 heterocycles. The molecule has 0 saturated carbocycles. The molecule has 0 bridgehead atoms. The Morgan fingerprint density at radius 3 is 2.88 bits per heavy atom. The number of anilines is 1. The van der Waals surface area contributed by atoms with E-state index >= 15 is 0 Å². The lowest BCUT2D eigenvalue weighted by Gasteiger charge is -2.09. The van der Waals surface area contributed by atoms with Crippen molar-refractivity contribution < 1.29 is 0 Å². The Kier molecular flexibility index (Phi) is 2.90. The fourth-order valence-electron chi connectivity index (χ4n) is 1.69. The Hall–Kier alpha value is -1.84.